The molecule has 0 atom stereocenters. The minimum atomic E-state index is -0.633. The lowest BCUT2D eigenvalue weighted by Gasteiger charge is -2.01. The Morgan fingerprint density at radius 3 is 2.92 bits per heavy atom. The van der Waals surface area contributed by atoms with Crippen molar-refractivity contribution >= 4 is 39.2 Å². The van der Waals surface area contributed by atoms with Crippen LogP contribution in [0.25, 0.3) is 0 Å². The Hall–Kier alpha value is -0.810. The maximum atomic E-state index is 10.4. The summed E-state index contributed by atoms with van der Waals surface area (Å²) >= 11 is 8.76. The summed E-state index contributed by atoms with van der Waals surface area (Å²) in [5.41, 5.74) is 5.39. The third-order valence-corrected chi connectivity index (χ3v) is 2.20. The zero-order valence-electron chi connectivity index (χ0n) is 5.84. The predicted molar refractivity (Wildman–Crippen MR) is 50.2 cm³/mol. The minimum absolute atomic E-state index is 0.338. The molecular weight excluding hydrogens is 245 g/mol. The van der Waals surface area contributed by atoms with Crippen molar-refractivity contribution in [2.45, 2.75) is 0 Å². The molecule has 12 heavy (non-hydrogen) atoms. The first-order valence-corrected chi connectivity index (χ1v) is 4.14. The van der Waals surface area contributed by atoms with Crippen molar-refractivity contribution in [1.82, 2.24) is 4.98 Å². The van der Waals surface area contributed by atoms with Crippen LogP contribution >= 0.6 is 27.5 Å². The largest absolute Gasteiger partial charge is 0.351 e. The van der Waals surface area contributed by atoms with Gasteiger partial charge in [0.05, 0.1) is 16.4 Å². The normalized spacial score (nSPS) is 9.50. The van der Waals surface area contributed by atoms with Crippen LogP contribution in [0.4, 0.5) is 10.5 Å². The number of nitrogens with zero attached hydrogens (tertiary/aromatic N) is 1. The van der Waals surface area contributed by atoms with Gasteiger partial charge in [0.25, 0.3) is 0 Å². The molecule has 0 bridgehead atoms. The Kier molecular flexibility index (Phi) is 2.88. The fraction of sp³-hybridized carbons (Fsp3) is 0. The summed E-state index contributed by atoms with van der Waals surface area (Å²) in [6.45, 7) is 0. The van der Waals surface area contributed by atoms with E-state index in [4.69, 9.17) is 17.3 Å². The second kappa shape index (κ2) is 3.73. The van der Waals surface area contributed by atoms with Crippen molar-refractivity contribution in [3.8, 4) is 0 Å². The summed E-state index contributed by atoms with van der Waals surface area (Å²) < 4.78 is 0.607. The van der Waals surface area contributed by atoms with Crippen molar-refractivity contribution in [2.75, 3.05) is 5.32 Å². The lowest BCUT2D eigenvalue weighted by atomic mass is 10.4. The summed E-state index contributed by atoms with van der Waals surface area (Å²) in [7, 11) is 0. The van der Waals surface area contributed by atoms with Crippen molar-refractivity contribution in [1.29, 1.82) is 0 Å². The highest BCUT2D eigenvalue weighted by molar-refractivity contribution is 9.10. The highest BCUT2D eigenvalue weighted by atomic mass is 79.9. The van der Waals surface area contributed by atoms with Gasteiger partial charge in [-0.2, -0.15) is 0 Å². The van der Waals surface area contributed by atoms with Crippen molar-refractivity contribution < 1.29 is 4.79 Å². The highest BCUT2D eigenvalue weighted by Crippen LogP contribution is 2.22. The van der Waals surface area contributed by atoms with Gasteiger partial charge in [-0.25, -0.2) is 9.78 Å². The molecule has 64 valence electrons. The molecule has 0 aliphatic carbocycles. The van der Waals surface area contributed by atoms with Gasteiger partial charge in [0.2, 0.25) is 0 Å². The van der Waals surface area contributed by atoms with Crippen LogP contribution in [0, 0.1) is 0 Å². The van der Waals surface area contributed by atoms with Crippen LogP contribution in [-0.2, 0) is 0 Å². The molecule has 0 aliphatic heterocycles. The summed E-state index contributed by atoms with van der Waals surface area (Å²) in [5.74, 6) is 0. The molecule has 0 aromatic carbocycles. The molecule has 0 aliphatic rings. The van der Waals surface area contributed by atoms with E-state index in [1.165, 1.54) is 6.20 Å². The number of primary amides is 1. The molecule has 0 saturated carbocycles. The molecule has 1 heterocycles. The first-order chi connectivity index (χ1) is 5.59. The maximum Gasteiger partial charge on any atom is 0.316 e. The molecule has 3 N–H and O–H groups in total. The van der Waals surface area contributed by atoms with E-state index in [0.717, 1.165) is 0 Å². The molecular formula is C6H5BrClN3O. The summed E-state index contributed by atoms with van der Waals surface area (Å²) in [6.07, 6.45) is 1.41. The van der Waals surface area contributed by atoms with E-state index in [1.807, 2.05) is 0 Å². The SMILES string of the molecule is NC(=O)Nc1cnc(Cl)c(Br)c1. The molecule has 0 unspecified atom stereocenters. The lowest BCUT2D eigenvalue weighted by molar-refractivity contribution is 0.259. The van der Waals surface area contributed by atoms with Crippen LogP contribution in [0.5, 0.6) is 0 Å². The van der Waals surface area contributed by atoms with E-state index in [9.17, 15) is 4.79 Å². The van der Waals surface area contributed by atoms with Crippen LogP contribution in [-0.4, -0.2) is 11.0 Å². The average molecular weight is 250 g/mol. The van der Waals surface area contributed by atoms with Gasteiger partial charge in [-0.1, -0.05) is 11.6 Å². The van der Waals surface area contributed by atoms with Crippen molar-refractivity contribution in [2.24, 2.45) is 5.73 Å². The molecule has 1 rings (SSSR count). The first-order valence-electron chi connectivity index (χ1n) is 2.97. The van der Waals surface area contributed by atoms with Crippen LogP contribution in [0.3, 0.4) is 0 Å². The molecule has 0 spiro atoms. The number of hydrogen-bond donors (Lipinski definition) is 2. The Labute approximate surface area is 82.2 Å². The van der Waals surface area contributed by atoms with E-state index < -0.39 is 6.03 Å². The number of carbonyl (C=O) groups is 1. The lowest BCUT2D eigenvalue weighted by Crippen LogP contribution is -2.19. The van der Waals surface area contributed by atoms with Gasteiger partial charge in [-0.3, -0.25) is 0 Å². The van der Waals surface area contributed by atoms with Crippen LogP contribution in [0.2, 0.25) is 5.15 Å². The molecule has 6 heteroatoms. The van der Waals surface area contributed by atoms with E-state index in [2.05, 4.69) is 26.2 Å². The third kappa shape index (κ3) is 2.35. The number of aromatic nitrogens is 1. The number of nitrogens with two attached hydrogens (primary N) is 1. The highest BCUT2D eigenvalue weighted by Gasteiger charge is 2.01. The first kappa shape index (κ1) is 9.28. The average Bonchev–Trinajstić information content (AvgIpc) is 1.96. The summed E-state index contributed by atoms with van der Waals surface area (Å²) in [5, 5.41) is 2.70. The predicted octanol–water partition coefficient (Wildman–Crippen LogP) is 1.99. The molecule has 2 amide bonds. The van der Waals surface area contributed by atoms with Gasteiger partial charge in [-0.05, 0) is 22.0 Å². The zero-order chi connectivity index (χ0) is 9.14. The number of urea groups is 1. The van der Waals surface area contributed by atoms with Gasteiger partial charge in [-0.15, -0.1) is 0 Å². The van der Waals surface area contributed by atoms with Crippen molar-refractivity contribution in [3.63, 3.8) is 0 Å². The number of halogens is 2. The van der Waals surface area contributed by atoms with E-state index in [0.29, 0.717) is 15.3 Å². The van der Waals surface area contributed by atoms with Crippen LogP contribution < -0.4 is 11.1 Å². The fourth-order valence-electron chi connectivity index (χ4n) is 0.632. The molecule has 0 saturated heterocycles. The number of pyridine rings is 1. The maximum absolute atomic E-state index is 10.4. The number of hydrogen-bond acceptors (Lipinski definition) is 2. The van der Waals surface area contributed by atoms with Gasteiger partial charge >= 0.3 is 6.03 Å². The Morgan fingerprint density at radius 2 is 2.42 bits per heavy atom. The number of anilines is 1. The van der Waals surface area contributed by atoms with Crippen molar-refractivity contribution in [3.05, 3.63) is 21.9 Å². The fourth-order valence-corrected chi connectivity index (χ4v) is 1.08. The Bertz CT molecular complexity index is 318. The Morgan fingerprint density at radius 1 is 1.75 bits per heavy atom. The Balaban J connectivity index is 2.89. The number of amides is 2. The van der Waals surface area contributed by atoms with E-state index in [1.54, 1.807) is 6.07 Å². The third-order valence-electron chi connectivity index (χ3n) is 1.06. The molecule has 0 radical (unpaired) electrons. The number of carbonyl (C=O) groups excluding carboxylic acids is 1. The van der Waals surface area contributed by atoms with Gasteiger partial charge in [0.1, 0.15) is 5.15 Å². The van der Waals surface area contributed by atoms with E-state index in [-0.39, 0.29) is 0 Å². The molecule has 0 fully saturated rings. The second-order valence-corrected chi connectivity index (χ2v) is 3.20. The van der Waals surface area contributed by atoms with Crippen LogP contribution in [0.15, 0.2) is 16.7 Å². The molecule has 4 nitrogen and oxygen atoms in total. The molecule has 1 aromatic rings. The number of nitrogens with one attached hydrogen (secondary N) is 1. The number of rotatable bonds is 1. The van der Waals surface area contributed by atoms with Gasteiger partial charge in [0.15, 0.2) is 0 Å². The smallest absolute Gasteiger partial charge is 0.316 e. The summed E-state index contributed by atoms with van der Waals surface area (Å²) in [4.78, 5) is 14.2. The monoisotopic (exact) mass is 249 g/mol. The van der Waals surface area contributed by atoms with Crippen LogP contribution in [0.1, 0.15) is 0 Å². The topological polar surface area (TPSA) is 68.0 Å². The van der Waals surface area contributed by atoms with E-state index >= 15 is 0 Å². The minimum Gasteiger partial charge on any atom is -0.351 e. The zero-order valence-corrected chi connectivity index (χ0v) is 8.19. The molecule has 1 aromatic heterocycles. The summed E-state index contributed by atoms with van der Waals surface area (Å²) in [6, 6.07) is 0.978. The second-order valence-electron chi connectivity index (χ2n) is 1.99. The van der Waals surface area contributed by atoms with Gasteiger partial charge < -0.3 is 11.1 Å². The van der Waals surface area contributed by atoms with Gasteiger partial charge in [0, 0.05) is 0 Å². The standard InChI is InChI=1S/C6H5BrClN3O/c7-4-1-3(11-6(9)12)2-10-5(4)8/h1-2H,(H3,9,11,12). The quantitative estimate of drug-likeness (QED) is 0.749.